The average molecular weight is 414 g/mol. The van der Waals surface area contributed by atoms with Crippen LogP contribution in [0.3, 0.4) is 0 Å². The number of halogens is 1. The average Bonchev–Trinajstić information content (AvgIpc) is 2.87. The second-order valence-corrected chi connectivity index (χ2v) is 6.68. The Morgan fingerprint density at radius 2 is 1.93 bits per heavy atom. The summed E-state index contributed by atoms with van der Waals surface area (Å²) in [5.41, 5.74) is 0.577. The van der Waals surface area contributed by atoms with Crippen LogP contribution in [0, 0.1) is 0 Å². The van der Waals surface area contributed by atoms with Crippen LogP contribution in [0.1, 0.15) is 26.3 Å². The van der Waals surface area contributed by atoms with Gasteiger partial charge in [0.25, 0.3) is 11.1 Å². The van der Waals surface area contributed by atoms with Gasteiger partial charge < -0.3 is 14.2 Å². The molecule has 0 saturated carbocycles. The molecule has 1 aromatic carbocycles. The Bertz CT molecular complexity index is 779. The first-order valence-electron chi connectivity index (χ1n) is 8.41. The number of nitrogens with zero attached hydrogens (tertiary/aromatic N) is 1. The second-order valence-electron chi connectivity index (χ2n) is 5.28. The lowest BCUT2D eigenvalue weighted by Crippen LogP contribution is -2.27. The number of esters is 1. The lowest BCUT2D eigenvalue weighted by atomic mass is 10.1. The molecule has 0 atom stereocenters. The van der Waals surface area contributed by atoms with Gasteiger partial charge in [0.15, 0.2) is 18.1 Å². The lowest BCUT2D eigenvalue weighted by molar-refractivity contribution is -0.145. The predicted octanol–water partition coefficient (Wildman–Crippen LogP) is 3.74. The number of likely N-dealkylation sites (N-methyl/N-ethyl adjacent to an activating group) is 1. The molecule has 1 heterocycles. The van der Waals surface area contributed by atoms with Crippen LogP contribution in [0.2, 0.25) is 5.02 Å². The van der Waals surface area contributed by atoms with E-state index in [4.69, 9.17) is 25.8 Å². The Morgan fingerprint density at radius 1 is 1.19 bits per heavy atom. The van der Waals surface area contributed by atoms with E-state index in [0.717, 1.165) is 11.8 Å². The van der Waals surface area contributed by atoms with Crippen LogP contribution in [0.4, 0.5) is 4.79 Å². The molecule has 0 aliphatic carbocycles. The fraction of sp³-hybridized carbons (Fsp3) is 0.389. The van der Waals surface area contributed by atoms with Gasteiger partial charge in [-0.15, -0.1) is 0 Å². The van der Waals surface area contributed by atoms with Gasteiger partial charge in [0.2, 0.25) is 0 Å². The summed E-state index contributed by atoms with van der Waals surface area (Å²) in [6, 6.07) is 3.21. The maximum Gasteiger partial charge on any atom is 0.344 e. The number of benzene rings is 1. The first kappa shape index (κ1) is 21.1. The standard InChI is InChI=1S/C18H20ClNO6S/c1-4-20-17(22)14(27-18(20)23)9-11-7-12(19)16(13(8-11)24-5-2)26-10-15(21)25-6-3/h7-9H,4-6,10H2,1-3H3/b14-9+. The summed E-state index contributed by atoms with van der Waals surface area (Å²) in [6.07, 6.45) is 1.57. The highest BCUT2D eigenvalue weighted by atomic mass is 35.5. The number of imide groups is 1. The molecule has 0 spiro atoms. The molecule has 1 aliphatic rings. The zero-order valence-electron chi connectivity index (χ0n) is 15.2. The molecule has 0 bridgehead atoms. The van der Waals surface area contributed by atoms with Crippen molar-refractivity contribution in [1.29, 1.82) is 0 Å². The third-order valence-electron chi connectivity index (χ3n) is 3.46. The number of carbonyl (C=O) groups excluding carboxylic acids is 3. The Morgan fingerprint density at radius 3 is 2.52 bits per heavy atom. The number of thioether (sulfide) groups is 1. The maximum absolute atomic E-state index is 12.2. The van der Waals surface area contributed by atoms with E-state index in [1.54, 1.807) is 39.0 Å². The smallest absolute Gasteiger partial charge is 0.344 e. The number of hydrogen-bond donors (Lipinski definition) is 0. The molecule has 2 amide bonds. The molecule has 7 nitrogen and oxygen atoms in total. The van der Waals surface area contributed by atoms with Crippen molar-refractivity contribution in [1.82, 2.24) is 4.90 Å². The van der Waals surface area contributed by atoms with Crippen molar-refractivity contribution in [2.24, 2.45) is 0 Å². The molecular weight excluding hydrogens is 394 g/mol. The quantitative estimate of drug-likeness (QED) is 0.474. The Labute approximate surface area is 166 Å². The van der Waals surface area contributed by atoms with E-state index >= 15 is 0 Å². The molecule has 1 aromatic rings. The molecule has 0 N–H and O–H groups in total. The van der Waals surface area contributed by atoms with E-state index in [-0.39, 0.29) is 35.1 Å². The first-order valence-corrected chi connectivity index (χ1v) is 9.60. The zero-order valence-corrected chi connectivity index (χ0v) is 16.8. The van der Waals surface area contributed by atoms with Crippen molar-refractivity contribution < 1.29 is 28.6 Å². The molecule has 1 fully saturated rings. The predicted molar refractivity (Wildman–Crippen MR) is 103 cm³/mol. The van der Waals surface area contributed by atoms with Gasteiger partial charge in [0.1, 0.15) is 0 Å². The molecular formula is C18H20ClNO6S. The molecule has 0 unspecified atom stereocenters. The van der Waals surface area contributed by atoms with E-state index in [2.05, 4.69) is 0 Å². The van der Waals surface area contributed by atoms with Crippen molar-refractivity contribution in [3.8, 4) is 11.5 Å². The summed E-state index contributed by atoms with van der Waals surface area (Å²) in [6.45, 7) is 5.84. The molecule has 0 aromatic heterocycles. The van der Waals surface area contributed by atoms with Crippen LogP contribution in [-0.4, -0.2) is 48.4 Å². The molecule has 9 heteroatoms. The van der Waals surface area contributed by atoms with Gasteiger partial charge >= 0.3 is 5.97 Å². The zero-order chi connectivity index (χ0) is 20.0. The highest BCUT2D eigenvalue weighted by Crippen LogP contribution is 2.39. The lowest BCUT2D eigenvalue weighted by Gasteiger charge is -2.14. The van der Waals surface area contributed by atoms with Crippen LogP contribution in [-0.2, 0) is 14.3 Å². The van der Waals surface area contributed by atoms with Gasteiger partial charge in [-0.25, -0.2) is 4.79 Å². The van der Waals surface area contributed by atoms with Crippen LogP contribution in [0.15, 0.2) is 17.0 Å². The van der Waals surface area contributed by atoms with E-state index in [0.29, 0.717) is 29.4 Å². The summed E-state index contributed by atoms with van der Waals surface area (Å²) < 4.78 is 15.8. The van der Waals surface area contributed by atoms with E-state index in [1.165, 1.54) is 4.90 Å². The minimum absolute atomic E-state index is 0.213. The largest absolute Gasteiger partial charge is 0.490 e. The minimum atomic E-state index is -0.520. The Balaban J connectivity index is 2.29. The number of ether oxygens (including phenoxy) is 3. The number of hydrogen-bond acceptors (Lipinski definition) is 7. The number of carbonyl (C=O) groups is 3. The molecule has 0 radical (unpaired) electrons. The van der Waals surface area contributed by atoms with Crippen molar-refractivity contribution in [2.75, 3.05) is 26.4 Å². The van der Waals surface area contributed by atoms with E-state index < -0.39 is 5.97 Å². The van der Waals surface area contributed by atoms with Crippen LogP contribution in [0.25, 0.3) is 6.08 Å². The second kappa shape index (κ2) is 9.66. The molecule has 1 aliphatic heterocycles. The van der Waals surface area contributed by atoms with Gasteiger partial charge in [0.05, 0.1) is 23.1 Å². The van der Waals surface area contributed by atoms with Crippen molar-refractivity contribution >= 4 is 46.6 Å². The first-order chi connectivity index (χ1) is 12.9. The Kier molecular flexibility index (Phi) is 7.55. The highest BCUT2D eigenvalue weighted by Gasteiger charge is 2.33. The maximum atomic E-state index is 12.2. The van der Waals surface area contributed by atoms with Crippen molar-refractivity contribution in [3.63, 3.8) is 0 Å². The van der Waals surface area contributed by atoms with Crippen LogP contribution < -0.4 is 9.47 Å². The molecule has 146 valence electrons. The summed E-state index contributed by atoms with van der Waals surface area (Å²) in [4.78, 5) is 37.0. The van der Waals surface area contributed by atoms with Gasteiger partial charge in [-0.05, 0) is 56.3 Å². The fourth-order valence-corrected chi connectivity index (χ4v) is 3.51. The number of rotatable bonds is 8. The molecule has 27 heavy (non-hydrogen) atoms. The summed E-state index contributed by atoms with van der Waals surface area (Å²) in [5.74, 6) is -0.321. The van der Waals surface area contributed by atoms with E-state index in [1.807, 2.05) is 0 Å². The molecule has 2 rings (SSSR count). The minimum Gasteiger partial charge on any atom is -0.490 e. The fourth-order valence-electron chi connectivity index (χ4n) is 2.33. The van der Waals surface area contributed by atoms with Gasteiger partial charge in [0, 0.05) is 6.54 Å². The topological polar surface area (TPSA) is 82.1 Å². The monoisotopic (exact) mass is 413 g/mol. The Hall–Kier alpha value is -2.19. The van der Waals surface area contributed by atoms with Crippen LogP contribution >= 0.6 is 23.4 Å². The number of amides is 2. The summed E-state index contributed by atoms with van der Waals surface area (Å²) in [7, 11) is 0. The van der Waals surface area contributed by atoms with E-state index in [9.17, 15) is 14.4 Å². The highest BCUT2D eigenvalue weighted by molar-refractivity contribution is 8.18. The third-order valence-corrected chi connectivity index (χ3v) is 4.65. The van der Waals surface area contributed by atoms with Crippen molar-refractivity contribution in [2.45, 2.75) is 20.8 Å². The normalized spacial score (nSPS) is 15.4. The van der Waals surface area contributed by atoms with Gasteiger partial charge in [-0.2, -0.15) is 0 Å². The SMILES string of the molecule is CCOC(=O)COc1c(Cl)cc(/C=C2/SC(=O)N(CC)C2=O)cc1OCC. The van der Waals surface area contributed by atoms with Crippen LogP contribution in [0.5, 0.6) is 11.5 Å². The summed E-state index contributed by atoms with van der Waals surface area (Å²) >= 11 is 7.15. The third kappa shape index (κ3) is 5.17. The summed E-state index contributed by atoms with van der Waals surface area (Å²) in [5, 5.41) is -0.0921. The van der Waals surface area contributed by atoms with Gasteiger partial charge in [-0.3, -0.25) is 14.5 Å². The molecule has 1 saturated heterocycles. The van der Waals surface area contributed by atoms with Crippen molar-refractivity contribution in [3.05, 3.63) is 27.6 Å². The van der Waals surface area contributed by atoms with Gasteiger partial charge in [-0.1, -0.05) is 11.6 Å².